The molecule has 0 saturated heterocycles. The number of para-hydroxylation sites is 1. The third-order valence-electron chi connectivity index (χ3n) is 2.86. The van der Waals surface area contributed by atoms with Gasteiger partial charge in [0.25, 0.3) is 5.91 Å². The fraction of sp³-hybridized carbons (Fsp3) is 0.286. The standard InChI is InChI=1S/C14H15NO4S/c1-18-11-6-4-3-5-9(11)13(16)15-10-7-8-20-12(10)14(17)19-2/h3-6H,7-8H2,1-2H3,(H,15,16). The molecule has 0 unspecified atom stereocenters. The Morgan fingerprint density at radius 3 is 2.70 bits per heavy atom. The molecule has 0 saturated carbocycles. The number of carbonyl (C=O) groups excluding carboxylic acids is 2. The van der Waals surface area contributed by atoms with Crippen molar-refractivity contribution < 1.29 is 19.1 Å². The molecule has 0 aliphatic carbocycles. The summed E-state index contributed by atoms with van der Waals surface area (Å²) in [6.07, 6.45) is 0.635. The van der Waals surface area contributed by atoms with Gasteiger partial charge in [-0.3, -0.25) is 4.79 Å². The van der Waals surface area contributed by atoms with Crippen molar-refractivity contribution in [2.24, 2.45) is 0 Å². The van der Waals surface area contributed by atoms with Crippen LogP contribution in [-0.2, 0) is 9.53 Å². The smallest absolute Gasteiger partial charge is 0.346 e. The largest absolute Gasteiger partial charge is 0.496 e. The minimum absolute atomic E-state index is 0.290. The van der Waals surface area contributed by atoms with Gasteiger partial charge in [0.2, 0.25) is 0 Å². The molecule has 1 aliphatic rings. The lowest BCUT2D eigenvalue weighted by Crippen LogP contribution is -2.24. The number of benzene rings is 1. The fourth-order valence-electron chi connectivity index (χ4n) is 1.89. The molecule has 2 rings (SSSR count). The Bertz CT molecular complexity index is 568. The van der Waals surface area contributed by atoms with E-state index in [9.17, 15) is 9.59 Å². The maximum Gasteiger partial charge on any atom is 0.346 e. The molecular formula is C14H15NO4S. The summed E-state index contributed by atoms with van der Waals surface area (Å²) in [5.74, 6) is 0.548. The average molecular weight is 293 g/mol. The number of hydrogen-bond acceptors (Lipinski definition) is 5. The molecule has 1 aliphatic heterocycles. The highest BCUT2D eigenvalue weighted by atomic mass is 32.2. The first-order valence-electron chi connectivity index (χ1n) is 6.06. The molecule has 1 aromatic carbocycles. The fourth-order valence-corrected chi connectivity index (χ4v) is 2.93. The molecule has 0 fully saturated rings. The molecule has 20 heavy (non-hydrogen) atoms. The number of carbonyl (C=O) groups is 2. The molecule has 5 nitrogen and oxygen atoms in total. The SMILES string of the molecule is COC(=O)C1=C(NC(=O)c2ccccc2OC)CCS1. The van der Waals surface area contributed by atoms with E-state index < -0.39 is 5.97 Å². The number of nitrogens with one attached hydrogen (secondary N) is 1. The van der Waals surface area contributed by atoms with Crippen molar-refractivity contribution in [3.8, 4) is 5.75 Å². The molecule has 1 amide bonds. The summed E-state index contributed by atoms with van der Waals surface area (Å²) in [5, 5.41) is 2.77. The van der Waals surface area contributed by atoms with Crippen LogP contribution in [0.4, 0.5) is 0 Å². The van der Waals surface area contributed by atoms with Gasteiger partial charge < -0.3 is 14.8 Å². The van der Waals surface area contributed by atoms with Crippen molar-refractivity contribution in [1.82, 2.24) is 5.32 Å². The molecule has 6 heteroatoms. The van der Waals surface area contributed by atoms with Crippen LogP contribution in [0, 0.1) is 0 Å². The van der Waals surface area contributed by atoms with Gasteiger partial charge in [0.15, 0.2) is 0 Å². The number of amides is 1. The number of ether oxygens (including phenoxy) is 2. The van der Waals surface area contributed by atoms with Crippen molar-refractivity contribution in [3.63, 3.8) is 0 Å². The molecule has 0 bridgehead atoms. The molecule has 0 radical (unpaired) electrons. The minimum Gasteiger partial charge on any atom is -0.496 e. The number of rotatable bonds is 4. The lowest BCUT2D eigenvalue weighted by atomic mass is 10.2. The molecule has 1 N–H and O–H groups in total. The second kappa shape index (κ2) is 6.47. The van der Waals surface area contributed by atoms with E-state index in [1.165, 1.54) is 26.0 Å². The van der Waals surface area contributed by atoms with Gasteiger partial charge in [0.1, 0.15) is 10.7 Å². The van der Waals surface area contributed by atoms with Crippen LogP contribution in [0.25, 0.3) is 0 Å². The second-order valence-electron chi connectivity index (χ2n) is 4.05. The highest BCUT2D eigenvalue weighted by molar-refractivity contribution is 8.04. The summed E-state index contributed by atoms with van der Waals surface area (Å²) in [6, 6.07) is 6.94. The first-order valence-corrected chi connectivity index (χ1v) is 7.04. The van der Waals surface area contributed by atoms with Gasteiger partial charge >= 0.3 is 5.97 Å². The summed E-state index contributed by atoms with van der Waals surface area (Å²) in [4.78, 5) is 24.3. The van der Waals surface area contributed by atoms with Gasteiger partial charge in [-0.15, -0.1) is 11.8 Å². The zero-order chi connectivity index (χ0) is 14.5. The molecule has 0 atom stereocenters. The highest BCUT2D eigenvalue weighted by Gasteiger charge is 2.24. The second-order valence-corrected chi connectivity index (χ2v) is 5.16. The lowest BCUT2D eigenvalue weighted by Gasteiger charge is -2.10. The van der Waals surface area contributed by atoms with Crippen LogP contribution in [0.1, 0.15) is 16.8 Å². The normalized spacial score (nSPS) is 14.1. The Labute approximate surface area is 121 Å². The van der Waals surface area contributed by atoms with Crippen molar-refractivity contribution >= 4 is 23.6 Å². The summed E-state index contributed by atoms with van der Waals surface area (Å²) in [7, 11) is 2.84. The van der Waals surface area contributed by atoms with E-state index in [4.69, 9.17) is 9.47 Å². The Morgan fingerprint density at radius 2 is 2.00 bits per heavy atom. The van der Waals surface area contributed by atoms with Crippen LogP contribution < -0.4 is 10.1 Å². The number of allylic oxidation sites excluding steroid dienone is 1. The van der Waals surface area contributed by atoms with Crippen LogP contribution in [0.15, 0.2) is 34.9 Å². The summed E-state index contributed by atoms with van der Waals surface area (Å²) >= 11 is 1.39. The number of esters is 1. The number of methoxy groups -OCH3 is 2. The number of hydrogen-bond donors (Lipinski definition) is 1. The third kappa shape index (κ3) is 2.96. The van der Waals surface area contributed by atoms with Gasteiger partial charge in [-0.05, 0) is 18.6 Å². The minimum atomic E-state index is -0.414. The number of thioether (sulfide) groups is 1. The van der Waals surface area contributed by atoms with Crippen LogP contribution in [0.5, 0.6) is 5.75 Å². The lowest BCUT2D eigenvalue weighted by molar-refractivity contribution is -0.135. The van der Waals surface area contributed by atoms with Gasteiger partial charge in [-0.1, -0.05) is 12.1 Å². The quantitative estimate of drug-likeness (QED) is 0.860. The Morgan fingerprint density at radius 1 is 1.25 bits per heavy atom. The summed E-state index contributed by atoms with van der Waals surface area (Å²) in [5.41, 5.74) is 1.04. The Kier molecular flexibility index (Phi) is 4.68. The molecule has 1 aromatic rings. The summed E-state index contributed by atoms with van der Waals surface area (Å²) < 4.78 is 9.86. The molecule has 1 heterocycles. The molecule has 106 valence electrons. The third-order valence-corrected chi connectivity index (χ3v) is 3.97. The predicted octanol–water partition coefficient (Wildman–Crippen LogP) is 1.95. The topological polar surface area (TPSA) is 64.6 Å². The monoisotopic (exact) mass is 293 g/mol. The van der Waals surface area contributed by atoms with Crippen molar-refractivity contribution in [1.29, 1.82) is 0 Å². The van der Waals surface area contributed by atoms with E-state index in [1.54, 1.807) is 24.3 Å². The molecular weight excluding hydrogens is 278 g/mol. The van der Waals surface area contributed by atoms with Crippen molar-refractivity contribution in [2.45, 2.75) is 6.42 Å². The highest BCUT2D eigenvalue weighted by Crippen LogP contribution is 2.31. The van der Waals surface area contributed by atoms with Gasteiger partial charge in [0, 0.05) is 11.4 Å². The maximum atomic E-state index is 12.3. The van der Waals surface area contributed by atoms with E-state index >= 15 is 0 Å². The van der Waals surface area contributed by atoms with Crippen LogP contribution in [-0.4, -0.2) is 31.8 Å². The van der Waals surface area contributed by atoms with E-state index in [0.29, 0.717) is 28.3 Å². The van der Waals surface area contributed by atoms with Crippen molar-refractivity contribution in [3.05, 3.63) is 40.4 Å². The van der Waals surface area contributed by atoms with E-state index in [1.807, 2.05) is 0 Å². The van der Waals surface area contributed by atoms with Crippen LogP contribution >= 0.6 is 11.8 Å². The molecule has 0 aromatic heterocycles. The van der Waals surface area contributed by atoms with Crippen molar-refractivity contribution in [2.75, 3.05) is 20.0 Å². The first kappa shape index (κ1) is 14.5. The maximum absolute atomic E-state index is 12.3. The molecule has 0 spiro atoms. The Hall–Kier alpha value is -1.95. The Balaban J connectivity index is 2.21. The predicted molar refractivity (Wildman–Crippen MR) is 76.6 cm³/mol. The zero-order valence-corrected chi connectivity index (χ0v) is 12.1. The van der Waals surface area contributed by atoms with E-state index in [-0.39, 0.29) is 5.91 Å². The first-order chi connectivity index (χ1) is 9.67. The summed E-state index contributed by atoms with van der Waals surface area (Å²) in [6.45, 7) is 0. The zero-order valence-electron chi connectivity index (χ0n) is 11.3. The average Bonchev–Trinajstić information content (AvgIpc) is 2.94. The van der Waals surface area contributed by atoms with Gasteiger partial charge in [0.05, 0.1) is 19.8 Å². The van der Waals surface area contributed by atoms with Crippen LogP contribution in [0.3, 0.4) is 0 Å². The van der Waals surface area contributed by atoms with Gasteiger partial charge in [-0.25, -0.2) is 4.79 Å². The van der Waals surface area contributed by atoms with Gasteiger partial charge in [-0.2, -0.15) is 0 Å². The van der Waals surface area contributed by atoms with E-state index in [2.05, 4.69) is 5.32 Å². The van der Waals surface area contributed by atoms with E-state index in [0.717, 1.165) is 5.75 Å². The van der Waals surface area contributed by atoms with Crippen LogP contribution in [0.2, 0.25) is 0 Å².